The molecular weight excluding hydrogens is 498 g/mol. The highest BCUT2D eigenvalue weighted by molar-refractivity contribution is 6.05. The Morgan fingerprint density at radius 3 is 2.48 bits per heavy atom. The highest BCUT2D eigenvalue weighted by Gasteiger charge is 2.28. The molecule has 3 aromatic heterocycles. The number of amides is 1. The molecule has 0 saturated heterocycles. The molecule has 5 rings (SSSR count). The number of anilines is 3. The molecule has 8 nitrogen and oxygen atoms in total. The smallest absolute Gasteiger partial charge is 0.255 e. The van der Waals surface area contributed by atoms with Crippen molar-refractivity contribution in [2.75, 3.05) is 10.2 Å². The zero-order valence-electron chi connectivity index (χ0n) is 23.7. The molecule has 3 heterocycles. The maximum Gasteiger partial charge on any atom is 0.255 e. The van der Waals surface area contributed by atoms with E-state index in [0.717, 1.165) is 39.5 Å². The molecule has 5 aromatic rings. The lowest BCUT2D eigenvalue weighted by Gasteiger charge is -2.37. The minimum Gasteiger partial charge on any atom is -0.322 e. The van der Waals surface area contributed by atoms with E-state index < -0.39 is 0 Å². The van der Waals surface area contributed by atoms with Gasteiger partial charge in [-0.1, -0.05) is 6.07 Å². The second-order valence-corrected chi connectivity index (χ2v) is 10.9. The van der Waals surface area contributed by atoms with Crippen molar-refractivity contribution >= 4 is 23.2 Å². The molecule has 8 heteroatoms. The molecule has 0 bridgehead atoms. The minimum absolute atomic E-state index is 0.196. The summed E-state index contributed by atoms with van der Waals surface area (Å²) in [6.07, 6.45) is 9.01. The van der Waals surface area contributed by atoms with Gasteiger partial charge in [0.2, 0.25) is 5.95 Å². The molecule has 0 fully saturated rings. The average Bonchev–Trinajstić information content (AvgIpc) is 3.36. The number of hydrogen-bond acceptors (Lipinski definition) is 6. The molecule has 0 spiro atoms. The number of hydrogen-bond donors (Lipinski definition) is 1. The Hall–Kier alpha value is -4.85. The number of benzene rings is 2. The van der Waals surface area contributed by atoms with Gasteiger partial charge in [-0.25, -0.2) is 15.0 Å². The van der Waals surface area contributed by atoms with Crippen LogP contribution in [0.25, 0.3) is 16.9 Å². The Kier molecular flexibility index (Phi) is 7.17. The number of imidazole rings is 1. The van der Waals surface area contributed by atoms with Gasteiger partial charge in [0.1, 0.15) is 0 Å². The molecule has 0 saturated carbocycles. The van der Waals surface area contributed by atoms with Gasteiger partial charge in [-0.2, -0.15) is 0 Å². The van der Waals surface area contributed by atoms with E-state index in [0.29, 0.717) is 17.2 Å². The number of aryl methyl sites for hydroxylation is 3. The zero-order chi connectivity index (χ0) is 28.4. The molecule has 0 aliphatic carbocycles. The largest absolute Gasteiger partial charge is 0.322 e. The van der Waals surface area contributed by atoms with E-state index in [4.69, 9.17) is 4.98 Å². The maximum absolute atomic E-state index is 13.5. The minimum atomic E-state index is -0.373. The number of nitrogens with zero attached hydrogens (tertiary/aromatic N) is 6. The van der Waals surface area contributed by atoms with Crippen LogP contribution in [0.2, 0.25) is 0 Å². The lowest BCUT2D eigenvalue weighted by molar-refractivity contribution is 0.102. The van der Waals surface area contributed by atoms with Crippen LogP contribution in [0.15, 0.2) is 85.7 Å². The van der Waals surface area contributed by atoms with Crippen LogP contribution in [0.3, 0.4) is 0 Å². The number of aromatic nitrogens is 5. The molecule has 0 aliphatic rings. The van der Waals surface area contributed by atoms with E-state index >= 15 is 0 Å². The summed E-state index contributed by atoms with van der Waals surface area (Å²) in [6.45, 7) is 12.3. The summed E-state index contributed by atoms with van der Waals surface area (Å²) >= 11 is 0. The van der Waals surface area contributed by atoms with E-state index in [1.807, 2.05) is 80.1 Å². The Balaban J connectivity index is 1.49. The Labute approximate surface area is 234 Å². The molecule has 202 valence electrons. The van der Waals surface area contributed by atoms with Gasteiger partial charge in [-0.15, -0.1) is 0 Å². The monoisotopic (exact) mass is 531 g/mol. The second-order valence-electron chi connectivity index (χ2n) is 10.9. The van der Waals surface area contributed by atoms with Crippen molar-refractivity contribution in [3.05, 3.63) is 108 Å². The van der Waals surface area contributed by atoms with E-state index in [1.165, 1.54) is 0 Å². The first-order chi connectivity index (χ1) is 19.1. The Morgan fingerprint density at radius 2 is 1.77 bits per heavy atom. The Bertz CT molecular complexity index is 1670. The molecule has 0 aliphatic heterocycles. The number of rotatable bonds is 6. The summed E-state index contributed by atoms with van der Waals surface area (Å²) in [7, 11) is 0. The highest BCUT2D eigenvalue weighted by atomic mass is 16.1. The lowest BCUT2D eigenvalue weighted by atomic mass is 10.0. The average molecular weight is 532 g/mol. The number of nitrogens with one attached hydrogen (secondary N) is 1. The van der Waals surface area contributed by atoms with Crippen LogP contribution in [0.1, 0.15) is 48.0 Å². The first kappa shape index (κ1) is 26.7. The molecular formula is C32H33N7O. The Morgan fingerprint density at radius 1 is 0.950 bits per heavy atom. The number of carbonyl (C=O) groups is 1. The predicted molar refractivity (Wildman–Crippen MR) is 159 cm³/mol. The van der Waals surface area contributed by atoms with Crippen LogP contribution in [0, 0.1) is 20.8 Å². The summed E-state index contributed by atoms with van der Waals surface area (Å²) < 4.78 is 1.95. The van der Waals surface area contributed by atoms with Gasteiger partial charge in [0.05, 0.1) is 17.7 Å². The molecule has 2 aromatic carbocycles. The van der Waals surface area contributed by atoms with Gasteiger partial charge in [0.25, 0.3) is 5.91 Å². The summed E-state index contributed by atoms with van der Waals surface area (Å²) in [6, 6.07) is 17.4. The van der Waals surface area contributed by atoms with Gasteiger partial charge < -0.3 is 14.8 Å². The normalized spacial score (nSPS) is 11.3. The van der Waals surface area contributed by atoms with E-state index in [9.17, 15) is 4.79 Å². The van der Waals surface area contributed by atoms with Crippen molar-refractivity contribution in [2.45, 2.75) is 47.1 Å². The van der Waals surface area contributed by atoms with Crippen molar-refractivity contribution in [1.29, 1.82) is 0 Å². The molecule has 0 atom stereocenters. The van der Waals surface area contributed by atoms with Gasteiger partial charge in [0, 0.05) is 58.5 Å². The third-order valence-electron chi connectivity index (χ3n) is 6.51. The predicted octanol–water partition coefficient (Wildman–Crippen LogP) is 6.84. The standard InChI is InChI=1S/C32H33N7O/c1-21-14-26(17-27(15-21)38-19-23(3)35-20-38)36-30(40)24-10-9-22(2)29(16-24)39(32(4,5)6)31-34-13-11-28(37-31)25-8-7-12-33-18-25/h7-20H,1-6H3,(H,36,40). The first-order valence-corrected chi connectivity index (χ1v) is 13.2. The molecule has 1 N–H and O–H groups in total. The van der Waals surface area contributed by atoms with Crippen LogP contribution in [-0.2, 0) is 0 Å². The van der Waals surface area contributed by atoms with Gasteiger partial charge in [-0.3, -0.25) is 9.78 Å². The molecule has 40 heavy (non-hydrogen) atoms. The van der Waals surface area contributed by atoms with E-state index in [1.54, 1.807) is 24.9 Å². The second kappa shape index (κ2) is 10.7. The number of carbonyl (C=O) groups excluding carboxylic acids is 1. The summed E-state index contributed by atoms with van der Waals surface area (Å²) in [5.74, 6) is 0.354. The summed E-state index contributed by atoms with van der Waals surface area (Å²) in [5, 5.41) is 3.08. The fourth-order valence-corrected chi connectivity index (χ4v) is 4.64. The van der Waals surface area contributed by atoms with Gasteiger partial charge >= 0.3 is 0 Å². The van der Waals surface area contributed by atoms with E-state index in [-0.39, 0.29) is 11.4 Å². The molecule has 0 radical (unpaired) electrons. The third-order valence-corrected chi connectivity index (χ3v) is 6.51. The first-order valence-electron chi connectivity index (χ1n) is 13.2. The van der Waals surface area contributed by atoms with Crippen LogP contribution < -0.4 is 10.2 Å². The highest BCUT2D eigenvalue weighted by Crippen LogP contribution is 2.35. The molecule has 1 amide bonds. The van der Waals surface area contributed by atoms with Crippen molar-refractivity contribution in [2.24, 2.45) is 0 Å². The SMILES string of the molecule is Cc1cc(NC(=O)c2ccc(C)c(N(c3nccc(-c4cccnc4)n3)C(C)(C)C)c2)cc(-n2cnc(C)c2)c1. The fraction of sp³-hybridized carbons (Fsp3) is 0.219. The maximum atomic E-state index is 13.5. The fourth-order valence-electron chi connectivity index (χ4n) is 4.64. The van der Waals surface area contributed by atoms with Crippen LogP contribution in [0.4, 0.5) is 17.3 Å². The van der Waals surface area contributed by atoms with Crippen LogP contribution in [0.5, 0.6) is 0 Å². The quantitative estimate of drug-likeness (QED) is 0.258. The van der Waals surface area contributed by atoms with Gasteiger partial charge in [-0.05, 0) is 101 Å². The van der Waals surface area contributed by atoms with Crippen molar-refractivity contribution < 1.29 is 4.79 Å². The topological polar surface area (TPSA) is 88.8 Å². The summed E-state index contributed by atoms with van der Waals surface area (Å²) in [4.78, 5) is 33.6. The van der Waals surface area contributed by atoms with Gasteiger partial charge in [0.15, 0.2) is 0 Å². The van der Waals surface area contributed by atoms with Crippen molar-refractivity contribution in [3.8, 4) is 16.9 Å². The van der Waals surface area contributed by atoms with Crippen molar-refractivity contribution in [3.63, 3.8) is 0 Å². The summed E-state index contributed by atoms with van der Waals surface area (Å²) in [5.41, 5.74) is 7.35. The number of pyridine rings is 1. The third kappa shape index (κ3) is 5.76. The van der Waals surface area contributed by atoms with Crippen LogP contribution >= 0.6 is 0 Å². The van der Waals surface area contributed by atoms with E-state index in [2.05, 4.69) is 52.0 Å². The lowest BCUT2D eigenvalue weighted by Crippen LogP contribution is -2.39. The molecule has 0 unspecified atom stereocenters. The van der Waals surface area contributed by atoms with Crippen molar-refractivity contribution in [1.82, 2.24) is 24.5 Å². The zero-order valence-corrected chi connectivity index (χ0v) is 23.7. The van der Waals surface area contributed by atoms with Crippen LogP contribution in [-0.4, -0.2) is 35.9 Å².